The quantitative estimate of drug-likeness (QED) is 0.195. The van der Waals surface area contributed by atoms with E-state index >= 15 is 0 Å². The van der Waals surface area contributed by atoms with Gasteiger partial charge in [-0.05, 0) is 12.8 Å². The molecule has 0 N–H and O–H groups in total. The minimum absolute atomic E-state index is 0.0535. The lowest BCUT2D eigenvalue weighted by atomic mass is 10.2. The predicted molar refractivity (Wildman–Crippen MR) is 49.2 cm³/mol. The molecule has 0 bridgehead atoms. The summed E-state index contributed by atoms with van der Waals surface area (Å²) in [5.41, 5.74) is 0. The summed E-state index contributed by atoms with van der Waals surface area (Å²) in [5, 5.41) is 33.0. The van der Waals surface area contributed by atoms with Gasteiger partial charge < -0.3 is 15.6 Å². The molecular formula is C8H10N4O4. The molecule has 0 atom stereocenters. The van der Waals surface area contributed by atoms with Crippen molar-refractivity contribution in [3.63, 3.8) is 0 Å². The molecule has 86 valence electrons. The van der Waals surface area contributed by atoms with Gasteiger partial charge in [0, 0.05) is 0 Å². The first-order chi connectivity index (χ1) is 7.65. The Morgan fingerprint density at radius 2 is 1.81 bits per heavy atom. The van der Waals surface area contributed by atoms with Crippen molar-refractivity contribution in [2.24, 2.45) is 4.99 Å². The smallest absolute Gasteiger partial charge is 0.450 e. The SMILES string of the molecule is O=C=NCCCCc1[n+]([O-])c[n+]([O-])c[n+]1[O-]. The fourth-order valence-electron chi connectivity index (χ4n) is 1.21. The van der Waals surface area contributed by atoms with Crippen LogP contribution < -0.4 is 14.2 Å². The van der Waals surface area contributed by atoms with Crippen molar-refractivity contribution in [3.05, 3.63) is 34.1 Å². The minimum atomic E-state index is -0.0535. The second kappa shape index (κ2) is 5.62. The zero-order valence-corrected chi connectivity index (χ0v) is 8.40. The van der Waals surface area contributed by atoms with E-state index in [2.05, 4.69) is 4.99 Å². The van der Waals surface area contributed by atoms with Crippen molar-refractivity contribution >= 4 is 6.08 Å². The molecule has 1 aromatic heterocycles. The maximum absolute atomic E-state index is 11.2. The summed E-state index contributed by atoms with van der Waals surface area (Å²) in [6, 6.07) is 0. The highest BCUT2D eigenvalue weighted by molar-refractivity contribution is 5.32. The van der Waals surface area contributed by atoms with Crippen molar-refractivity contribution in [1.82, 2.24) is 0 Å². The monoisotopic (exact) mass is 226 g/mol. The van der Waals surface area contributed by atoms with Crippen LogP contribution in [0.25, 0.3) is 0 Å². The lowest BCUT2D eigenvalue weighted by Crippen LogP contribution is -2.56. The number of isocyanates is 1. The third-order valence-electron chi connectivity index (χ3n) is 1.93. The zero-order chi connectivity index (χ0) is 12.0. The second-order valence-electron chi connectivity index (χ2n) is 3.09. The Morgan fingerprint density at radius 1 is 1.19 bits per heavy atom. The van der Waals surface area contributed by atoms with Gasteiger partial charge in [-0.25, -0.2) is 9.79 Å². The molecule has 0 radical (unpaired) electrons. The van der Waals surface area contributed by atoms with Gasteiger partial charge in [-0.1, -0.05) is 14.2 Å². The zero-order valence-electron chi connectivity index (χ0n) is 8.40. The Bertz CT molecular complexity index is 393. The number of aromatic nitrogens is 3. The molecule has 8 nitrogen and oxygen atoms in total. The number of hydrogen-bond acceptors (Lipinski definition) is 5. The molecule has 16 heavy (non-hydrogen) atoms. The van der Waals surface area contributed by atoms with Gasteiger partial charge in [0.2, 0.25) is 6.08 Å². The second-order valence-corrected chi connectivity index (χ2v) is 3.09. The third kappa shape index (κ3) is 3.18. The Balaban J connectivity index is 2.57. The number of nitrogens with zero attached hydrogens (tertiary/aromatic N) is 4. The molecule has 0 fully saturated rings. The first-order valence-electron chi connectivity index (χ1n) is 4.63. The lowest BCUT2D eigenvalue weighted by Gasteiger charge is -2.02. The molecule has 0 unspecified atom stereocenters. The van der Waals surface area contributed by atoms with Gasteiger partial charge in [-0.15, -0.1) is 0 Å². The Hall–Kier alpha value is -2.21. The first kappa shape index (κ1) is 11.9. The number of unbranched alkanes of at least 4 members (excludes halogenated alkanes) is 1. The molecule has 1 rings (SSSR count). The molecule has 0 amide bonds. The maximum Gasteiger partial charge on any atom is 0.450 e. The van der Waals surface area contributed by atoms with Crippen molar-refractivity contribution in [3.8, 4) is 0 Å². The van der Waals surface area contributed by atoms with Crippen LogP contribution in [0.15, 0.2) is 17.6 Å². The summed E-state index contributed by atoms with van der Waals surface area (Å²) >= 11 is 0. The fraction of sp³-hybridized carbons (Fsp3) is 0.500. The van der Waals surface area contributed by atoms with E-state index < -0.39 is 0 Å². The van der Waals surface area contributed by atoms with Gasteiger partial charge in [0.1, 0.15) is 6.42 Å². The van der Waals surface area contributed by atoms with Crippen LogP contribution in [0.4, 0.5) is 0 Å². The van der Waals surface area contributed by atoms with Gasteiger partial charge in [0.15, 0.2) is 0 Å². The van der Waals surface area contributed by atoms with E-state index in [1.165, 1.54) is 6.08 Å². The average Bonchev–Trinajstić information content (AvgIpc) is 2.20. The number of aliphatic imine (C=N–C) groups is 1. The van der Waals surface area contributed by atoms with Crippen LogP contribution in [-0.2, 0) is 11.2 Å². The first-order valence-corrected chi connectivity index (χ1v) is 4.63. The summed E-state index contributed by atoms with van der Waals surface area (Å²) in [5.74, 6) is -0.0535. The molecule has 0 spiro atoms. The van der Waals surface area contributed by atoms with Crippen LogP contribution in [0.2, 0.25) is 0 Å². The molecule has 1 heterocycles. The van der Waals surface area contributed by atoms with Gasteiger partial charge in [0.05, 0.1) is 6.54 Å². The van der Waals surface area contributed by atoms with Crippen molar-refractivity contribution < 1.29 is 19.0 Å². The lowest BCUT2D eigenvalue weighted by molar-refractivity contribution is -0.875. The molecule has 8 heteroatoms. The fourth-order valence-corrected chi connectivity index (χ4v) is 1.21. The highest BCUT2D eigenvalue weighted by atomic mass is 16.5. The number of hydrogen-bond donors (Lipinski definition) is 0. The number of rotatable bonds is 5. The molecule has 0 aliphatic rings. The summed E-state index contributed by atoms with van der Waals surface area (Å²) in [7, 11) is 0. The van der Waals surface area contributed by atoms with Crippen LogP contribution in [-0.4, -0.2) is 12.6 Å². The molecule has 1 aromatic rings. The maximum atomic E-state index is 11.2. The highest BCUT2D eigenvalue weighted by Gasteiger charge is 2.20. The van der Waals surface area contributed by atoms with Crippen molar-refractivity contribution in [1.29, 1.82) is 0 Å². The predicted octanol–water partition coefficient (Wildman–Crippen LogP) is -1.75. The van der Waals surface area contributed by atoms with Crippen LogP contribution in [0.1, 0.15) is 18.7 Å². The molecular weight excluding hydrogens is 216 g/mol. The molecule has 0 aliphatic carbocycles. The van der Waals surface area contributed by atoms with Crippen LogP contribution >= 0.6 is 0 Å². The number of carbonyl (C=O) groups excluding carboxylic acids is 1. The Kier molecular flexibility index (Phi) is 4.16. The van der Waals surface area contributed by atoms with E-state index in [0.29, 0.717) is 19.4 Å². The van der Waals surface area contributed by atoms with Crippen LogP contribution in [0, 0.1) is 15.6 Å². The summed E-state index contributed by atoms with van der Waals surface area (Å²) in [6.45, 7) is 0.315. The summed E-state index contributed by atoms with van der Waals surface area (Å²) in [4.78, 5) is 13.1. The van der Waals surface area contributed by atoms with E-state index in [9.17, 15) is 20.4 Å². The summed E-state index contributed by atoms with van der Waals surface area (Å²) < 4.78 is 0.617. The van der Waals surface area contributed by atoms with E-state index in [1.807, 2.05) is 0 Å². The Labute approximate surface area is 90.8 Å². The van der Waals surface area contributed by atoms with Gasteiger partial charge >= 0.3 is 18.5 Å². The summed E-state index contributed by atoms with van der Waals surface area (Å²) in [6.07, 6.45) is 4.17. The highest BCUT2D eigenvalue weighted by Crippen LogP contribution is 1.95. The Morgan fingerprint density at radius 3 is 2.38 bits per heavy atom. The van der Waals surface area contributed by atoms with E-state index in [1.54, 1.807) is 0 Å². The van der Waals surface area contributed by atoms with E-state index in [0.717, 1.165) is 12.7 Å². The molecule has 0 saturated carbocycles. The van der Waals surface area contributed by atoms with Gasteiger partial charge in [0.25, 0.3) is 0 Å². The van der Waals surface area contributed by atoms with Gasteiger partial charge in [-0.2, -0.15) is 0 Å². The average molecular weight is 226 g/mol. The van der Waals surface area contributed by atoms with Crippen molar-refractivity contribution in [2.75, 3.05) is 6.54 Å². The topological polar surface area (TPSA) is 110 Å². The van der Waals surface area contributed by atoms with Crippen LogP contribution in [0.5, 0.6) is 0 Å². The molecule has 0 aliphatic heterocycles. The molecule has 0 saturated heterocycles. The third-order valence-corrected chi connectivity index (χ3v) is 1.93. The molecule has 0 aromatic carbocycles. The van der Waals surface area contributed by atoms with E-state index in [-0.39, 0.29) is 26.4 Å². The minimum Gasteiger partial charge on any atom is -0.610 e. The van der Waals surface area contributed by atoms with Gasteiger partial charge in [-0.3, -0.25) is 0 Å². The standard InChI is InChI=1S/C8H10N4O4/c13-5-9-4-2-1-3-8-11(15)6-10(14)7-12(8)16/h6-7H,1-4H2. The van der Waals surface area contributed by atoms with Crippen molar-refractivity contribution in [2.45, 2.75) is 19.3 Å². The van der Waals surface area contributed by atoms with E-state index in [4.69, 9.17) is 0 Å². The largest absolute Gasteiger partial charge is 0.610 e. The normalized spacial score (nSPS) is 9.75. The van der Waals surface area contributed by atoms with Crippen LogP contribution in [0.3, 0.4) is 0 Å².